The molecule has 27 nitrogen and oxygen atoms in total. The third-order valence-electron chi connectivity index (χ3n) is 23.1. The Morgan fingerprint density at radius 3 is 0.949 bits per heavy atom. The molecule has 0 bridgehead atoms. The second-order valence-electron chi connectivity index (χ2n) is 35.2. The number of benzene rings is 9. The zero-order valence-electron chi connectivity index (χ0n) is 99.7. The zero-order chi connectivity index (χ0) is 117. The van der Waals surface area contributed by atoms with Crippen molar-refractivity contribution in [1.82, 2.24) is 62.6 Å². The molecule has 138 heavy (non-hydrogen) atoms. The van der Waals surface area contributed by atoms with Crippen molar-refractivity contribution < 1.29 is 100 Å². The molecule has 0 aliphatic carbocycles. The minimum atomic E-state index is -3.28. The van der Waals surface area contributed by atoms with Crippen molar-refractivity contribution in [1.29, 1.82) is 0 Å². The minimum Gasteiger partial charge on any atom is -0.483 e. The van der Waals surface area contributed by atoms with E-state index in [0.29, 0.717) is 61.0 Å². The Morgan fingerprint density at radius 1 is 0.362 bits per heavy atom. The van der Waals surface area contributed by atoms with Crippen molar-refractivity contribution in [2.45, 2.75) is 232 Å². The topological polar surface area (TPSA) is 360 Å². The van der Waals surface area contributed by atoms with Gasteiger partial charge in [0.2, 0.25) is 17.7 Å². The van der Waals surface area contributed by atoms with Crippen LogP contribution in [0.2, 0.25) is 0 Å². The van der Waals surface area contributed by atoms with Gasteiger partial charge in [-0.25, -0.2) is 14.4 Å². The van der Waals surface area contributed by atoms with Crippen molar-refractivity contribution >= 4 is 53.5 Å². The first-order valence-electron chi connectivity index (χ1n) is 56.5. The van der Waals surface area contributed by atoms with Gasteiger partial charge in [-0.1, -0.05) is 278 Å². The summed E-state index contributed by atoms with van der Waals surface area (Å²) in [6.45, 7) is 5.57. The van der Waals surface area contributed by atoms with Crippen LogP contribution in [-0.4, -0.2) is 215 Å². The van der Waals surface area contributed by atoms with Crippen molar-refractivity contribution in [3.8, 4) is 17.2 Å². The largest absolute Gasteiger partial charge is 0.483 e. The molecule has 12 atom stereocenters. The smallest absolute Gasteiger partial charge is 0.318 e. The van der Waals surface area contributed by atoms with Gasteiger partial charge in [-0.05, 0) is 203 Å². The Bertz CT molecular complexity index is 6230. The third kappa shape index (κ3) is 33.7. The fourth-order valence-electron chi connectivity index (χ4n) is 16.4. The van der Waals surface area contributed by atoms with E-state index in [1.54, 1.807) is 141 Å². The highest BCUT2D eigenvalue weighted by Crippen LogP contribution is 2.29. The van der Waals surface area contributed by atoms with Crippen LogP contribution in [0.1, 0.15) is 174 Å². The number of aliphatic hydroxyl groups excluding tert-OH is 3. The number of hydrogen-bond donors (Lipinski definition) is 12. The summed E-state index contributed by atoms with van der Waals surface area (Å²) in [5, 5.41) is 59.3. The predicted molar refractivity (Wildman–Crippen MR) is 539 cm³/mol. The highest BCUT2D eigenvalue weighted by atomic mass is 16.5. The molecule has 3 aliphatic heterocycles. The molecule has 9 aromatic carbocycles. The normalized spacial score (nSPS) is 19.6. The number of carbonyl (C=O) groups is 9. The Kier molecular flexibility index (Phi) is 32.1. The number of nitrogens with one attached hydrogen (secondary N) is 9. The lowest BCUT2D eigenvalue weighted by atomic mass is 9.92. The Balaban J connectivity index is 0.000000241. The van der Waals surface area contributed by atoms with Gasteiger partial charge < -0.3 is 92.1 Å². The SMILES string of the molecule is [2H]C([2H])([2H])c1cccc(C([2H])([2H])[2H])c1OCC(=O)N[C@H]([C@@H](O)C[C@H](Cc1ccccc1)NC(=O)[C@H](C(C)C)N1CCCNC1=O)C([2H])([2H])c1ccccc1.[2H]C([2H])(c1ccccc1)[C@H](NC(=O)COc1c(C)cccc1C)[C@@H](O)C[C@@H](NC(=O)[C@H](C(C)C)N1CCCNC1=O)C([2H])([2H])c1ccccc1.[2H]C([2H])(c1ccccc1)[C@H](NC(=O)COc1c(C)cccc1C)[C@@H](O)C[C@H](Cc1ccccc1)NC(=O)[C@H](C(C)C)N1C(=O)NC([2H])([2H])C([2H])([2H])C1([2H])[2H]. The van der Waals surface area contributed by atoms with Gasteiger partial charge in [0, 0.05) is 84.7 Å². The summed E-state index contributed by atoms with van der Waals surface area (Å²) in [4.78, 5) is 124. The van der Waals surface area contributed by atoms with E-state index in [0.717, 1.165) is 27.8 Å². The highest BCUT2D eigenvalue weighted by Gasteiger charge is 2.40. The summed E-state index contributed by atoms with van der Waals surface area (Å²) in [6.07, 6.45) is -17.0. The van der Waals surface area contributed by atoms with E-state index in [-0.39, 0.29) is 65.8 Å². The number of amides is 12. The molecule has 0 unspecified atom stereocenters. The summed E-state index contributed by atoms with van der Waals surface area (Å²) < 4.78 is 187. The molecule has 12 N–H and O–H groups in total. The first-order valence-corrected chi connectivity index (χ1v) is 46.5. The monoisotopic (exact) mass is 1910 g/mol. The summed E-state index contributed by atoms with van der Waals surface area (Å²) >= 11 is 0. The van der Waals surface area contributed by atoms with Crippen LogP contribution in [0.15, 0.2) is 237 Å². The van der Waals surface area contributed by atoms with E-state index >= 15 is 0 Å². The number of para-hydroxylation sites is 3. The van der Waals surface area contributed by atoms with Crippen LogP contribution in [0.3, 0.4) is 0 Å². The molecule has 3 fully saturated rings. The lowest BCUT2D eigenvalue weighted by Gasteiger charge is -2.37. The van der Waals surface area contributed by atoms with Crippen LogP contribution < -0.4 is 62.1 Å². The second kappa shape index (κ2) is 54.7. The maximum atomic E-state index is 14.2. The first-order chi connectivity index (χ1) is 74.1. The molecule has 0 aromatic heterocycles. The molecule has 0 saturated carbocycles. The van der Waals surface area contributed by atoms with Gasteiger partial charge in [-0.2, -0.15) is 0 Å². The van der Waals surface area contributed by atoms with E-state index in [4.69, 9.17) is 38.9 Å². The Labute approximate surface area is 842 Å². The number of urea groups is 3. The fourth-order valence-corrected chi connectivity index (χ4v) is 16.4. The van der Waals surface area contributed by atoms with Gasteiger partial charge in [-0.3, -0.25) is 28.8 Å². The molecule has 12 rings (SSSR count). The number of aryl methyl sites for hydroxylation is 6. The van der Waals surface area contributed by atoms with Gasteiger partial charge in [0.05, 0.1) is 36.4 Å². The van der Waals surface area contributed by atoms with Crippen LogP contribution in [0.5, 0.6) is 17.2 Å². The molecular formula is C111H144N12O15. The van der Waals surface area contributed by atoms with Crippen LogP contribution >= 0.6 is 0 Å². The lowest BCUT2D eigenvalue weighted by molar-refractivity contribution is -0.129. The molecule has 3 aliphatic rings. The molecule has 12 amide bonds. The maximum absolute atomic E-state index is 14.2. The van der Waals surface area contributed by atoms with Gasteiger partial charge >= 0.3 is 18.1 Å². The van der Waals surface area contributed by atoms with Crippen LogP contribution in [0.25, 0.3) is 0 Å². The van der Waals surface area contributed by atoms with Crippen LogP contribution in [0.4, 0.5) is 14.4 Å². The van der Waals surface area contributed by atoms with Gasteiger partial charge in [-0.15, -0.1) is 0 Å². The lowest BCUT2D eigenvalue weighted by Crippen LogP contribution is -2.59. The van der Waals surface area contributed by atoms with Gasteiger partial charge in [0.15, 0.2) is 19.8 Å². The minimum absolute atomic E-state index is 0.0849. The standard InChI is InChI=1S/3C37H48N4O5/c3*1-25(2)34(41-20-12-19-38-37(41)45)36(44)39-30(21-28-15-7-5-8-16-28)23-32(42)31(22-29-17-9-6-10-18-29)40-33(43)24-46-35-26(3)13-11-14-27(35)4/h3*5-11,13-18,25,30-32,34,42H,12,19-24H2,1-4H3,(H,38,45)(H,39,44)(H,40,43)/t3*30-,31-,32-,34-/m000/s1/i12D2,19D2,20D2,22D2;3D3,4D3,22D2;21D2,22D2. The second-order valence-corrected chi connectivity index (χ2v) is 35.2. The average molecular weight is 1910 g/mol. The molecule has 3 saturated heterocycles. The van der Waals surface area contributed by atoms with Crippen LogP contribution in [-0.2, 0) is 67.1 Å². The van der Waals surface area contributed by atoms with E-state index < -0.39 is 228 Å². The van der Waals surface area contributed by atoms with E-state index in [9.17, 15) is 61.2 Å². The summed E-state index contributed by atoms with van der Waals surface area (Å²) in [5.41, 5.74) is 4.62. The van der Waals surface area contributed by atoms with E-state index in [1.807, 2.05) is 114 Å². The maximum Gasteiger partial charge on any atom is 0.318 e. The van der Waals surface area contributed by atoms with Crippen molar-refractivity contribution in [3.63, 3.8) is 0 Å². The summed E-state index contributed by atoms with van der Waals surface area (Å²) in [6, 6.07) is 51.3. The van der Waals surface area contributed by atoms with E-state index in [1.165, 1.54) is 66.1 Å². The average Bonchev–Trinajstić information content (AvgIpc) is 0.711. The van der Waals surface area contributed by atoms with E-state index in [2.05, 4.69) is 42.5 Å². The molecule has 9 aromatic rings. The molecule has 3 heterocycles. The summed E-state index contributed by atoms with van der Waals surface area (Å²) in [7, 11) is 0. The number of rotatable bonds is 45. The summed E-state index contributed by atoms with van der Waals surface area (Å²) in [5.74, 6) is -5.23. The highest BCUT2D eigenvalue weighted by molar-refractivity contribution is 5.90. The quantitative estimate of drug-likeness (QED) is 0.0169. The fraction of sp³-hybridized carbons (Fsp3) is 0.432. The first kappa shape index (κ1) is 80.9. The molecular weight excluding hydrogens is 1740 g/mol. The molecule has 738 valence electrons. The van der Waals surface area contributed by atoms with Crippen molar-refractivity contribution in [2.75, 3.05) is 59.0 Å². The third-order valence-corrected chi connectivity index (χ3v) is 23.1. The number of hydrogen-bond acceptors (Lipinski definition) is 15. The van der Waals surface area contributed by atoms with Gasteiger partial charge in [0.25, 0.3) is 17.7 Å². The number of nitrogens with zero attached hydrogens (tertiary/aromatic N) is 3. The number of aliphatic hydroxyl groups is 3. The predicted octanol–water partition coefficient (Wildman–Crippen LogP) is 13.0. The zero-order valence-corrected chi connectivity index (χ0v) is 79.7. The van der Waals surface area contributed by atoms with Crippen molar-refractivity contribution in [2.24, 2.45) is 17.8 Å². The van der Waals surface area contributed by atoms with Crippen molar-refractivity contribution in [3.05, 3.63) is 303 Å². The Morgan fingerprint density at radius 2 is 0.638 bits per heavy atom. The molecule has 0 radical (unpaired) electrons. The molecule has 27 heteroatoms. The number of ether oxygens (including phenoxy) is 3. The number of carbonyl (C=O) groups excluding carboxylic acids is 9. The van der Waals surface area contributed by atoms with Crippen LogP contribution in [0, 0.1) is 59.2 Å². The Hall–Kier alpha value is -13.1. The molecule has 0 spiro atoms. The van der Waals surface area contributed by atoms with Gasteiger partial charge in [0.1, 0.15) is 35.4 Å².